The van der Waals surface area contributed by atoms with Gasteiger partial charge in [-0.15, -0.1) is 0 Å². The molecule has 1 fully saturated rings. The molecule has 0 spiro atoms. The van der Waals surface area contributed by atoms with Crippen LogP contribution in [-0.4, -0.2) is 50.0 Å². The van der Waals surface area contributed by atoms with E-state index in [9.17, 15) is 4.79 Å². The normalized spacial score (nSPS) is 20.4. The third-order valence-electron chi connectivity index (χ3n) is 3.40. The van der Waals surface area contributed by atoms with Gasteiger partial charge < -0.3 is 19.2 Å². The van der Waals surface area contributed by atoms with Crippen molar-refractivity contribution in [3.63, 3.8) is 0 Å². The molecule has 0 unspecified atom stereocenters. The van der Waals surface area contributed by atoms with Crippen molar-refractivity contribution >= 4 is 11.7 Å². The largest absolute Gasteiger partial charge is 0.497 e. The lowest BCUT2D eigenvalue weighted by molar-refractivity contribution is -0.137. The number of carbonyl (C=O) groups excluding carboxylic acids is 1. The predicted molar refractivity (Wildman–Crippen MR) is 76.1 cm³/mol. The average Bonchev–Trinajstić information content (AvgIpc) is 2.89. The number of morpholine rings is 1. The molecule has 2 aliphatic heterocycles. The fraction of sp³-hybridized carbons (Fsp3) is 0.333. The molecular weight excluding hydrogens is 272 g/mol. The molecule has 1 aromatic carbocycles. The molecule has 6 heteroatoms. The van der Waals surface area contributed by atoms with Crippen LogP contribution in [0.4, 0.5) is 0 Å². The summed E-state index contributed by atoms with van der Waals surface area (Å²) in [6, 6.07) is 7.39. The van der Waals surface area contributed by atoms with Crippen molar-refractivity contribution in [2.45, 2.75) is 0 Å². The van der Waals surface area contributed by atoms with E-state index in [4.69, 9.17) is 14.3 Å². The van der Waals surface area contributed by atoms with Crippen LogP contribution in [-0.2, 0) is 14.4 Å². The monoisotopic (exact) mass is 288 g/mol. The van der Waals surface area contributed by atoms with Crippen molar-refractivity contribution in [2.24, 2.45) is 5.16 Å². The Morgan fingerprint density at radius 3 is 2.90 bits per heavy atom. The van der Waals surface area contributed by atoms with Gasteiger partial charge in [0.15, 0.2) is 0 Å². The van der Waals surface area contributed by atoms with E-state index in [1.165, 1.54) is 0 Å². The fourth-order valence-corrected chi connectivity index (χ4v) is 2.26. The van der Waals surface area contributed by atoms with Crippen LogP contribution in [0.15, 0.2) is 41.2 Å². The summed E-state index contributed by atoms with van der Waals surface area (Å²) in [5.41, 5.74) is 1.79. The van der Waals surface area contributed by atoms with Crippen LogP contribution < -0.4 is 4.74 Å². The van der Waals surface area contributed by atoms with Crippen LogP contribution in [0.3, 0.4) is 0 Å². The maximum absolute atomic E-state index is 11.9. The molecule has 0 aromatic heterocycles. The summed E-state index contributed by atoms with van der Waals surface area (Å²) < 4.78 is 10.5. The summed E-state index contributed by atoms with van der Waals surface area (Å²) >= 11 is 0. The molecular formula is C15H16N2O4. The summed E-state index contributed by atoms with van der Waals surface area (Å²) in [5.74, 6) is 0.277. The zero-order valence-electron chi connectivity index (χ0n) is 11.7. The van der Waals surface area contributed by atoms with Crippen LogP contribution in [0.5, 0.6) is 5.75 Å². The van der Waals surface area contributed by atoms with Gasteiger partial charge in [0.1, 0.15) is 17.0 Å². The minimum Gasteiger partial charge on any atom is -0.497 e. The number of methoxy groups -OCH3 is 1. The Balaban J connectivity index is 1.89. The first kappa shape index (κ1) is 13.6. The van der Waals surface area contributed by atoms with Gasteiger partial charge in [0.2, 0.25) is 0 Å². The lowest BCUT2D eigenvalue weighted by Gasteiger charge is -2.25. The van der Waals surface area contributed by atoms with E-state index >= 15 is 0 Å². The molecule has 110 valence electrons. The molecule has 0 aliphatic carbocycles. The predicted octanol–water partition coefficient (Wildman–Crippen LogP) is 1.17. The van der Waals surface area contributed by atoms with Gasteiger partial charge in [0.05, 0.1) is 20.3 Å². The Kier molecular flexibility index (Phi) is 3.87. The number of nitrogens with zero attached hydrogens (tertiary/aromatic N) is 2. The molecule has 1 saturated heterocycles. The minimum absolute atomic E-state index is 0.431. The molecule has 0 radical (unpaired) electrons. The number of ether oxygens (including phenoxy) is 2. The first-order chi connectivity index (χ1) is 10.3. The average molecular weight is 288 g/mol. The van der Waals surface area contributed by atoms with Crippen LogP contribution in [0.25, 0.3) is 0 Å². The number of rotatable bonds is 3. The van der Waals surface area contributed by atoms with Crippen molar-refractivity contribution in [1.82, 2.24) is 4.90 Å². The molecule has 0 amide bonds. The zero-order valence-corrected chi connectivity index (χ0v) is 11.7. The Bertz CT molecular complexity index is 603. The van der Waals surface area contributed by atoms with Gasteiger partial charge in [0, 0.05) is 24.9 Å². The van der Waals surface area contributed by atoms with E-state index in [1.54, 1.807) is 13.3 Å². The first-order valence-electron chi connectivity index (χ1n) is 6.75. The molecule has 0 N–H and O–H groups in total. The highest BCUT2D eigenvalue weighted by atomic mass is 16.7. The molecule has 0 bridgehead atoms. The van der Waals surface area contributed by atoms with Crippen molar-refractivity contribution in [3.8, 4) is 5.75 Å². The maximum Gasteiger partial charge on any atom is 0.369 e. The van der Waals surface area contributed by atoms with Gasteiger partial charge in [0.25, 0.3) is 0 Å². The van der Waals surface area contributed by atoms with Gasteiger partial charge in [-0.25, -0.2) is 4.79 Å². The summed E-state index contributed by atoms with van der Waals surface area (Å²) in [6.07, 6.45) is 1.80. The zero-order chi connectivity index (χ0) is 14.7. The summed E-state index contributed by atoms with van der Waals surface area (Å²) in [5, 5.41) is 3.89. The van der Waals surface area contributed by atoms with E-state index in [2.05, 4.69) is 5.16 Å². The second-order valence-corrected chi connectivity index (χ2v) is 4.74. The topological polar surface area (TPSA) is 60.4 Å². The first-order valence-corrected chi connectivity index (χ1v) is 6.75. The van der Waals surface area contributed by atoms with E-state index in [-0.39, 0.29) is 0 Å². The Morgan fingerprint density at radius 1 is 1.33 bits per heavy atom. The number of hydrogen-bond donors (Lipinski definition) is 0. The summed E-state index contributed by atoms with van der Waals surface area (Å²) in [7, 11) is 1.60. The Hall–Kier alpha value is -2.34. The van der Waals surface area contributed by atoms with Gasteiger partial charge >= 0.3 is 5.97 Å². The Morgan fingerprint density at radius 2 is 2.14 bits per heavy atom. The second kappa shape index (κ2) is 5.97. The molecule has 3 rings (SSSR count). The molecule has 0 atom stereocenters. The minimum atomic E-state index is -0.431. The molecule has 2 aliphatic rings. The number of oxime groups is 1. The standard InChI is InChI=1S/C15H16N2O4/c1-19-12-4-2-3-11(9-12)14-13(15(18)21-16-14)10-17-5-7-20-8-6-17/h2-4,9-10H,5-8H2,1H3/b13-10-. The molecule has 1 aromatic rings. The quantitative estimate of drug-likeness (QED) is 0.617. The van der Waals surface area contributed by atoms with E-state index in [0.717, 1.165) is 18.7 Å². The third-order valence-corrected chi connectivity index (χ3v) is 3.40. The van der Waals surface area contributed by atoms with Gasteiger partial charge in [-0.2, -0.15) is 0 Å². The van der Waals surface area contributed by atoms with Gasteiger partial charge in [-0.05, 0) is 12.1 Å². The molecule has 6 nitrogen and oxygen atoms in total. The SMILES string of the molecule is COc1cccc(C2=NOC(=O)/C2=C\N2CCOCC2)c1. The van der Waals surface area contributed by atoms with Crippen molar-refractivity contribution in [3.05, 3.63) is 41.6 Å². The summed E-state index contributed by atoms with van der Waals surface area (Å²) in [6.45, 7) is 2.82. The lowest BCUT2D eigenvalue weighted by atomic mass is 10.0. The lowest BCUT2D eigenvalue weighted by Crippen LogP contribution is -2.33. The summed E-state index contributed by atoms with van der Waals surface area (Å²) in [4.78, 5) is 18.8. The highest BCUT2D eigenvalue weighted by Gasteiger charge is 2.28. The number of benzene rings is 1. The van der Waals surface area contributed by atoms with Crippen molar-refractivity contribution in [1.29, 1.82) is 0 Å². The van der Waals surface area contributed by atoms with Crippen LogP contribution in [0.1, 0.15) is 5.56 Å². The maximum atomic E-state index is 11.9. The highest BCUT2D eigenvalue weighted by molar-refractivity contribution is 6.28. The fourth-order valence-electron chi connectivity index (χ4n) is 2.26. The highest BCUT2D eigenvalue weighted by Crippen LogP contribution is 2.22. The molecule has 0 saturated carbocycles. The van der Waals surface area contributed by atoms with Crippen molar-refractivity contribution < 1.29 is 19.1 Å². The van der Waals surface area contributed by atoms with Crippen LogP contribution >= 0.6 is 0 Å². The van der Waals surface area contributed by atoms with Gasteiger partial charge in [-0.3, -0.25) is 0 Å². The molecule has 2 heterocycles. The van der Waals surface area contributed by atoms with E-state index in [0.29, 0.717) is 30.2 Å². The van der Waals surface area contributed by atoms with Crippen molar-refractivity contribution in [2.75, 3.05) is 33.4 Å². The smallest absolute Gasteiger partial charge is 0.369 e. The number of hydrogen-bond acceptors (Lipinski definition) is 6. The van der Waals surface area contributed by atoms with Gasteiger partial charge in [-0.1, -0.05) is 17.3 Å². The number of carbonyl (C=O) groups is 1. The van der Waals surface area contributed by atoms with E-state index < -0.39 is 5.97 Å². The molecule has 21 heavy (non-hydrogen) atoms. The third kappa shape index (κ3) is 2.90. The van der Waals surface area contributed by atoms with Crippen LogP contribution in [0, 0.1) is 0 Å². The van der Waals surface area contributed by atoms with E-state index in [1.807, 2.05) is 29.2 Å². The van der Waals surface area contributed by atoms with Crippen LogP contribution in [0.2, 0.25) is 0 Å². The second-order valence-electron chi connectivity index (χ2n) is 4.74. The Labute approximate surface area is 122 Å².